The smallest absolute Gasteiger partial charge is 0.433 e. The number of carbonyl (C=O) groups is 2. The van der Waals surface area contributed by atoms with E-state index in [2.05, 4.69) is 21.9 Å². The summed E-state index contributed by atoms with van der Waals surface area (Å²) in [6, 6.07) is 0. The van der Waals surface area contributed by atoms with Gasteiger partial charge in [-0.1, -0.05) is 18.7 Å². The Morgan fingerprint density at radius 3 is 2.76 bits per heavy atom. The van der Waals surface area contributed by atoms with E-state index in [0.29, 0.717) is 13.0 Å². The molecule has 0 saturated carbocycles. The fraction of sp³-hybridized carbons (Fsp3) is 0.545. The van der Waals surface area contributed by atoms with Crippen molar-refractivity contribution in [3.05, 3.63) is 12.7 Å². The molecule has 0 saturated heterocycles. The lowest BCUT2D eigenvalue weighted by atomic mass is 10.3. The summed E-state index contributed by atoms with van der Waals surface area (Å²) < 4.78 is 4.71. The van der Waals surface area contributed by atoms with Crippen molar-refractivity contribution in [1.82, 2.24) is 5.32 Å². The second-order valence-electron chi connectivity index (χ2n) is 3.21. The summed E-state index contributed by atoms with van der Waals surface area (Å²) >= 11 is 0. The zero-order valence-electron chi connectivity index (χ0n) is 10.2. The zero-order valence-corrected chi connectivity index (χ0v) is 10.2. The Morgan fingerprint density at radius 1 is 1.47 bits per heavy atom. The molecule has 0 spiro atoms. The van der Waals surface area contributed by atoms with Gasteiger partial charge in [0, 0.05) is 12.6 Å². The quantitative estimate of drug-likeness (QED) is 0.184. The lowest BCUT2D eigenvalue weighted by Crippen LogP contribution is -2.25. The van der Waals surface area contributed by atoms with Crippen molar-refractivity contribution in [3.63, 3.8) is 0 Å². The topological polar surface area (TPSA) is 77.0 Å². The van der Waals surface area contributed by atoms with E-state index in [1.165, 1.54) is 0 Å². The number of nitrogens with zero attached hydrogens (tertiary/aromatic N) is 1. The SMILES string of the molecule is C=CC(=O)OCCCNC(=O)O/N=C(\C)CC. The van der Waals surface area contributed by atoms with Crippen LogP contribution in [-0.2, 0) is 14.4 Å². The molecular formula is C11H18N2O4. The van der Waals surface area contributed by atoms with Crippen molar-refractivity contribution in [3.8, 4) is 0 Å². The number of carbonyl (C=O) groups excluding carboxylic acids is 2. The molecule has 0 radical (unpaired) electrons. The molecule has 6 heteroatoms. The first-order chi connectivity index (χ1) is 8.10. The standard InChI is InChI=1S/C11H18N2O4/c1-4-9(3)13-17-11(15)12-7-6-8-16-10(14)5-2/h5H,2,4,6-8H2,1,3H3,(H,12,15)/b13-9+. The molecule has 0 fully saturated rings. The maximum absolute atomic E-state index is 11.1. The maximum atomic E-state index is 11.1. The van der Waals surface area contributed by atoms with Crippen molar-refractivity contribution in [2.75, 3.05) is 13.2 Å². The minimum Gasteiger partial charge on any atom is -0.462 e. The lowest BCUT2D eigenvalue weighted by Gasteiger charge is -2.03. The average Bonchev–Trinajstić information content (AvgIpc) is 2.34. The van der Waals surface area contributed by atoms with Gasteiger partial charge in [-0.3, -0.25) is 4.84 Å². The van der Waals surface area contributed by atoms with Crippen molar-refractivity contribution in [1.29, 1.82) is 0 Å². The van der Waals surface area contributed by atoms with E-state index >= 15 is 0 Å². The van der Waals surface area contributed by atoms with Crippen LogP contribution in [-0.4, -0.2) is 30.9 Å². The van der Waals surface area contributed by atoms with Gasteiger partial charge < -0.3 is 10.1 Å². The number of oxime groups is 1. The maximum Gasteiger partial charge on any atom is 0.433 e. The normalized spacial score (nSPS) is 10.6. The minimum absolute atomic E-state index is 0.225. The van der Waals surface area contributed by atoms with E-state index in [1.807, 2.05) is 6.92 Å². The fourth-order valence-corrected chi connectivity index (χ4v) is 0.711. The largest absolute Gasteiger partial charge is 0.462 e. The van der Waals surface area contributed by atoms with Crippen LogP contribution < -0.4 is 5.32 Å². The van der Waals surface area contributed by atoms with Crippen LogP contribution in [0, 0.1) is 0 Å². The van der Waals surface area contributed by atoms with Crippen molar-refractivity contribution >= 4 is 17.8 Å². The first kappa shape index (κ1) is 15.2. The Bertz CT molecular complexity index is 300. The number of esters is 1. The Balaban J connectivity index is 3.52. The third-order valence-electron chi connectivity index (χ3n) is 1.80. The van der Waals surface area contributed by atoms with Crippen molar-refractivity contribution in [2.24, 2.45) is 5.16 Å². The number of hydrogen-bond acceptors (Lipinski definition) is 5. The van der Waals surface area contributed by atoms with Crippen molar-refractivity contribution in [2.45, 2.75) is 26.7 Å². The Hall–Kier alpha value is -1.85. The van der Waals surface area contributed by atoms with Gasteiger partial charge in [-0.2, -0.15) is 0 Å². The van der Waals surface area contributed by atoms with E-state index in [0.717, 1.165) is 18.2 Å². The molecule has 0 aliphatic carbocycles. The first-order valence-electron chi connectivity index (χ1n) is 5.37. The molecule has 0 bridgehead atoms. The molecule has 6 nitrogen and oxygen atoms in total. The van der Waals surface area contributed by atoms with Gasteiger partial charge in [0.15, 0.2) is 0 Å². The second kappa shape index (κ2) is 9.38. The summed E-state index contributed by atoms with van der Waals surface area (Å²) in [4.78, 5) is 26.3. The minimum atomic E-state index is -0.618. The highest BCUT2D eigenvalue weighted by Gasteiger charge is 2.01. The van der Waals surface area contributed by atoms with Gasteiger partial charge >= 0.3 is 12.1 Å². The average molecular weight is 242 g/mol. The molecule has 0 heterocycles. The van der Waals surface area contributed by atoms with E-state index in [4.69, 9.17) is 4.74 Å². The lowest BCUT2D eigenvalue weighted by molar-refractivity contribution is -0.137. The van der Waals surface area contributed by atoms with E-state index < -0.39 is 12.1 Å². The molecule has 0 aromatic carbocycles. The Labute approximate surface area is 101 Å². The van der Waals surface area contributed by atoms with Crippen LogP contribution in [0.4, 0.5) is 4.79 Å². The van der Waals surface area contributed by atoms with Crippen LogP contribution in [0.2, 0.25) is 0 Å². The third kappa shape index (κ3) is 9.10. The Kier molecular flexibility index (Phi) is 8.36. The summed E-state index contributed by atoms with van der Waals surface area (Å²) in [5.74, 6) is -0.476. The van der Waals surface area contributed by atoms with Gasteiger partial charge in [-0.25, -0.2) is 9.59 Å². The first-order valence-corrected chi connectivity index (χ1v) is 5.37. The van der Waals surface area contributed by atoms with Crippen molar-refractivity contribution < 1.29 is 19.2 Å². The van der Waals surface area contributed by atoms with Gasteiger partial charge in [0.05, 0.1) is 12.3 Å². The van der Waals surface area contributed by atoms with Gasteiger partial charge in [0.25, 0.3) is 0 Å². The predicted molar refractivity (Wildman–Crippen MR) is 63.7 cm³/mol. The number of amides is 1. The number of nitrogens with one attached hydrogen (secondary N) is 1. The third-order valence-corrected chi connectivity index (χ3v) is 1.80. The van der Waals surface area contributed by atoms with Gasteiger partial charge in [0.1, 0.15) is 0 Å². The van der Waals surface area contributed by atoms with Gasteiger partial charge in [-0.15, -0.1) is 0 Å². The number of rotatable bonds is 7. The highest BCUT2D eigenvalue weighted by Crippen LogP contribution is 1.88. The predicted octanol–water partition coefficient (Wildman–Crippen LogP) is 1.62. The van der Waals surface area contributed by atoms with Crippen LogP contribution >= 0.6 is 0 Å². The van der Waals surface area contributed by atoms with Crippen LogP contribution in [0.3, 0.4) is 0 Å². The molecular weight excluding hydrogens is 224 g/mol. The van der Waals surface area contributed by atoms with Crippen LogP contribution in [0.25, 0.3) is 0 Å². The van der Waals surface area contributed by atoms with Crippen LogP contribution in [0.1, 0.15) is 26.7 Å². The van der Waals surface area contributed by atoms with Crippen LogP contribution in [0.15, 0.2) is 17.8 Å². The van der Waals surface area contributed by atoms with E-state index in [-0.39, 0.29) is 6.61 Å². The summed E-state index contributed by atoms with van der Waals surface area (Å²) in [7, 11) is 0. The molecule has 96 valence electrons. The second-order valence-corrected chi connectivity index (χ2v) is 3.21. The summed E-state index contributed by atoms with van der Waals surface area (Å²) in [6.07, 6.45) is 1.70. The van der Waals surface area contributed by atoms with Gasteiger partial charge in [0.2, 0.25) is 0 Å². The molecule has 0 aromatic heterocycles. The summed E-state index contributed by atoms with van der Waals surface area (Å²) in [5.41, 5.74) is 0.736. The molecule has 1 amide bonds. The van der Waals surface area contributed by atoms with E-state index in [9.17, 15) is 9.59 Å². The number of ether oxygens (including phenoxy) is 1. The molecule has 0 rings (SSSR count). The molecule has 0 aromatic rings. The molecule has 1 N–H and O–H groups in total. The molecule has 0 aliphatic heterocycles. The summed E-state index contributed by atoms with van der Waals surface area (Å²) in [5, 5.41) is 6.06. The van der Waals surface area contributed by atoms with Gasteiger partial charge in [-0.05, 0) is 19.8 Å². The van der Waals surface area contributed by atoms with E-state index in [1.54, 1.807) is 6.92 Å². The fourth-order valence-electron chi connectivity index (χ4n) is 0.711. The van der Waals surface area contributed by atoms with Crippen LogP contribution in [0.5, 0.6) is 0 Å². The monoisotopic (exact) mass is 242 g/mol. The summed E-state index contributed by atoms with van der Waals surface area (Å²) in [6.45, 7) is 7.51. The molecule has 0 atom stereocenters. The molecule has 17 heavy (non-hydrogen) atoms. The molecule has 0 aliphatic rings. The number of hydrogen-bond donors (Lipinski definition) is 1. The highest BCUT2D eigenvalue weighted by atomic mass is 16.7. The highest BCUT2D eigenvalue weighted by molar-refractivity contribution is 5.82. The Morgan fingerprint density at radius 2 is 2.18 bits per heavy atom. The zero-order chi connectivity index (χ0) is 13.1. The molecule has 0 unspecified atom stereocenters.